The quantitative estimate of drug-likeness (QED) is 0.0623. The van der Waals surface area contributed by atoms with Gasteiger partial charge >= 0.3 is 0 Å². The highest BCUT2D eigenvalue weighted by Gasteiger charge is 2.54. The van der Waals surface area contributed by atoms with Crippen molar-refractivity contribution in [1.29, 1.82) is 0 Å². The van der Waals surface area contributed by atoms with E-state index in [-0.39, 0.29) is 25.5 Å². The first-order valence-corrected chi connectivity index (χ1v) is 14.8. The maximum Gasteiger partial charge on any atom is 0.266 e. The number of aliphatic imine (C=N–C) groups is 1. The summed E-state index contributed by atoms with van der Waals surface area (Å²) in [6.07, 6.45) is 1.84. The van der Waals surface area contributed by atoms with Crippen LogP contribution in [0.25, 0.3) is 10.4 Å². The van der Waals surface area contributed by atoms with Crippen molar-refractivity contribution in [1.82, 2.24) is 10.9 Å². The van der Waals surface area contributed by atoms with Crippen molar-refractivity contribution in [2.24, 2.45) is 10.1 Å². The number of nitrogens with one attached hydrogen (secondary N) is 2. The number of ether oxygens (including phenoxy) is 2. The molecule has 3 aromatic carbocycles. The number of benzene rings is 3. The lowest BCUT2D eigenvalue weighted by Crippen LogP contribution is -2.54. The Morgan fingerprint density at radius 1 is 1.12 bits per heavy atom. The third-order valence-corrected chi connectivity index (χ3v) is 7.68. The van der Waals surface area contributed by atoms with Gasteiger partial charge in [-0.05, 0) is 53.4 Å². The first-order chi connectivity index (χ1) is 20.5. The van der Waals surface area contributed by atoms with Crippen LogP contribution < -0.4 is 15.6 Å². The molecule has 4 rings (SSSR count). The van der Waals surface area contributed by atoms with Gasteiger partial charge in [0.2, 0.25) is 5.90 Å². The van der Waals surface area contributed by atoms with Gasteiger partial charge < -0.3 is 14.6 Å². The van der Waals surface area contributed by atoms with Crippen molar-refractivity contribution in [2.45, 2.75) is 50.8 Å². The molecule has 1 aliphatic heterocycles. The third kappa shape index (κ3) is 7.49. The number of hydrazine groups is 1. The van der Waals surface area contributed by atoms with Gasteiger partial charge in [0.15, 0.2) is 11.6 Å². The molecule has 0 saturated carbocycles. The second kappa shape index (κ2) is 15.4. The smallest absolute Gasteiger partial charge is 0.266 e. The second-order valence-electron chi connectivity index (χ2n) is 9.88. The van der Waals surface area contributed by atoms with E-state index in [2.05, 4.69) is 43.7 Å². The zero-order valence-electron chi connectivity index (χ0n) is 23.5. The fraction of sp³-hybridized carbons (Fsp3) is 0.355. The maximum absolute atomic E-state index is 14.2. The summed E-state index contributed by atoms with van der Waals surface area (Å²) >= 11 is 3.66. The summed E-state index contributed by atoms with van der Waals surface area (Å²) in [5.74, 6) is 0.648. The Morgan fingerprint density at radius 2 is 1.86 bits per heavy atom. The Labute approximate surface area is 253 Å². The highest BCUT2D eigenvalue weighted by molar-refractivity contribution is 9.10. The third-order valence-electron chi connectivity index (χ3n) is 6.96. The molecule has 3 N–H and O–H groups in total. The number of unbranched alkanes of at least 4 members (excludes halogenated alkanes) is 1. The number of aliphatic hydroxyl groups excluding tert-OH is 1. The summed E-state index contributed by atoms with van der Waals surface area (Å²) in [5.41, 5.74) is 16.6. The normalized spacial score (nSPS) is 17.6. The Balaban J connectivity index is 1.80. The minimum Gasteiger partial charge on any atom is -0.494 e. The number of carbonyl (C=O) groups is 1. The first kappa shape index (κ1) is 31.1. The van der Waals surface area contributed by atoms with E-state index in [1.54, 1.807) is 0 Å². The molecule has 10 nitrogen and oxygen atoms in total. The average molecular weight is 636 g/mol. The molecule has 0 aromatic heterocycles. The molecule has 0 fully saturated rings. The van der Waals surface area contributed by atoms with Gasteiger partial charge in [0, 0.05) is 46.5 Å². The molecule has 0 radical (unpaired) electrons. The lowest BCUT2D eigenvalue weighted by Gasteiger charge is -2.32. The fourth-order valence-electron chi connectivity index (χ4n) is 4.75. The Hall–Kier alpha value is -3.89. The number of rotatable bonds is 15. The SMILES string of the molecule is CCCCNNC(=O)[C@@]1(Cc2ccccc2CN=[N+]=[N-])N=C(c2ccc(OCCCO)cc2)O[C@H]1c1ccccc1Br. The molecule has 0 saturated heterocycles. The Morgan fingerprint density at radius 3 is 2.57 bits per heavy atom. The molecule has 1 amide bonds. The molecule has 0 unspecified atom stereocenters. The zero-order valence-corrected chi connectivity index (χ0v) is 25.1. The first-order valence-electron chi connectivity index (χ1n) is 14.0. The number of hydrogen-bond acceptors (Lipinski definition) is 7. The van der Waals surface area contributed by atoms with Gasteiger partial charge in [-0.25, -0.2) is 10.4 Å². The molecule has 42 heavy (non-hydrogen) atoms. The minimum atomic E-state index is -1.40. The number of hydrogen-bond donors (Lipinski definition) is 3. The van der Waals surface area contributed by atoms with Crippen molar-refractivity contribution in [3.8, 4) is 5.75 Å². The van der Waals surface area contributed by atoms with Crippen LogP contribution in [0.1, 0.15) is 54.5 Å². The van der Waals surface area contributed by atoms with Crippen LogP contribution in [-0.2, 0) is 22.5 Å². The molecule has 3 aromatic rings. The van der Waals surface area contributed by atoms with Crippen LogP contribution in [0.3, 0.4) is 0 Å². The van der Waals surface area contributed by atoms with E-state index >= 15 is 0 Å². The van der Waals surface area contributed by atoms with Gasteiger partial charge in [0.1, 0.15) is 5.75 Å². The molecule has 1 heterocycles. The van der Waals surface area contributed by atoms with E-state index in [0.29, 0.717) is 36.8 Å². The van der Waals surface area contributed by atoms with E-state index in [1.165, 1.54) is 0 Å². The predicted octanol–water partition coefficient (Wildman–Crippen LogP) is 5.94. The summed E-state index contributed by atoms with van der Waals surface area (Å²) < 4.78 is 13.1. The van der Waals surface area contributed by atoms with Crippen LogP contribution in [0.2, 0.25) is 0 Å². The number of amides is 1. The van der Waals surface area contributed by atoms with Crippen molar-refractivity contribution in [2.75, 3.05) is 19.8 Å². The monoisotopic (exact) mass is 634 g/mol. The van der Waals surface area contributed by atoms with E-state index in [4.69, 9.17) is 25.1 Å². The number of nitrogens with zero attached hydrogens (tertiary/aromatic N) is 4. The van der Waals surface area contributed by atoms with Crippen LogP contribution in [0.4, 0.5) is 0 Å². The van der Waals surface area contributed by atoms with Crippen molar-refractivity contribution in [3.05, 3.63) is 110 Å². The Kier molecular flexibility index (Phi) is 11.4. The molecule has 220 valence electrons. The molecular formula is C31H35BrN6O4. The fourth-order valence-corrected chi connectivity index (χ4v) is 5.24. The molecule has 0 spiro atoms. The molecular weight excluding hydrogens is 600 g/mol. The van der Waals surface area contributed by atoms with E-state index in [1.807, 2.05) is 72.8 Å². The number of azide groups is 1. The molecule has 0 bridgehead atoms. The van der Waals surface area contributed by atoms with Gasteiger partial charge in [0.05, 0.1) is 13.2 Å². The van der Waals surface area contributed by atoms with Crippen LogP contribution in [0.15, 0.2) is 87.4 Å². The van der Waals surface area contributed by atoms with Crippen molar-refractivity contribution in [3.63, 3.8) is 0 Å². The van der Waals surface area contributed by atoms with Gasteiger partial charge in [-0.2, -0.15) is 0 Å². The second-order valence-corrected chi connectivity index (χ2v) is 10.7. The highest BCUT2D eigenvalue weighted by Crippen LogP contribution is 2.45. The Bertz CT molecular complexity index is 1430. The summed E-state index contributed by atoms with van der Waals surface area (Å²) in [4.78, 5) is 22.2. The van der Waals surface area contributed by atoms with Crippen molar-refractivity contribution >= 4 is 27.7 Å². The van der Waals surface area contributed by atoms with Crippen LogP contribution in [-0.4, -0.2) is 42.2 Å². The van der Waals surface area contributed by atoms with Crippen LogP contribution in [0.5, 0.6) is 5.75 Å². The van der Waals surface area contributed by atoms with Gasteiger partial charge in [-0.15, -0.1) is 0 Å². The van der Waals surface area contributed by atoms with Crippen LogP contribution in [0, 0.1) is 0 Å². The lowest BCUT2D eigenvalue weighted by atomic mass is 9.81. The van der Waals surface area contributed by atoms with Crippen molar-refractivity contribution < 1.29 is 19.4 Å². The maximum atomic E-state index is 14.2. The highest BCUT2D eigenvalue weighted by atomic mass is 79.9. The largest absolute Gasteiger partial charge is 0.494 e. The lowest BCUT2D eigenvalue weighted by molar-refractivity contribution is -0.130. The van der Waals surface area contributed by atoms with Gasteiger partial charge in [0.25, 0.3) is 5.91 Å². The summed E-state index contributed by atoms with van der Waals surface area (Å²) in [6, 6.07) is 22.5. The van der Waals surface area contributed by atoms with Crippen LogP contribution >= 0.6 is 15.9 Å². The summed E-state index contributed by atoms with van der Waals surface area (Å²) in [7, 11) is 0. The molecule has 0 aliphatic carbocycles. The minimum absolute atomic E-state index is 0.0581. The van der Waals surface area contributed by atoms with E-state index in [9.17, 15) is 4.79 Å². The average Bonchev–Trinajstić information content (AvgIpc) is 3.39. The van der Waals surface area contributed by atoms with Gasteiger partial charge in [-0.1, -0.05) is 76.9 Å². The summed E-state index contributed by atoms with van der Waals surface area (Å²) in [5, 5.41) is 12.8. The van der Waals surface area contributed by atoms with Gasteiger partial charge in [-0.3, -0.25) is 10.2 Å². The standard InChI is InChI=1S/C31H35BrN6O4/c1-2-3-17-34-37-30(40)31(20-23-9-4-5-10-24(23)21-35-38-33)28(26-11-6-7-12-27(26)32)42-29(36-31)22-13-15-25(16-14-22)41-19-8-18-39/h4-7,9-16,28,34,39H,2-3,8,17-21H2,1H3,(H,37,40)/t28-,31-/m0/s1. The number of aliphatic hydroxyl groups is 1. The number of carbonyl (C=O) groups excluding carboxylic acids is 1. The molecule has 2 atom stereocenters. The zero-order chi connectivity index (χ0) is 29.8. The van der Waals surface area contributed by atoms with E-state index < -0.39 is 11.6 Å². The topological polar surface area (TPSA) is 141 Å². The molecule has 1 aliphatic rings. The van der Waals surface area contributed by atoms with E-state index in [0.717, 1.165) is 34.0 Å². The summed E-state index contributed by atoms with van der Waals surface area (Å²) in [6.45, 7) is 3.30. The number of halogens is 1. The predicted molar refractivity (Wildman–Crippen MR) is 165 cm³/mol. The molecule has 11 heteroatoms.